The highest BCUT2D eigenvalue weighted by molar-refractivity contribution is 7.10. The van der Waals surface area contributed by atoms with Gasteiger partial charge in [-0.2, -0.15) is 0 Å². The van der Waals surface area contributed by atoms with E-state index in [0.717, 1.165) is 24.8 Å². The normalized spacial score (nSPS) is 18.2. The maximum atomic E-state index is 12.6. The van der Waals surface area contributed by atoms with E-state index in [2.05, 4.69) is 0 Å². The van der Waals surface area contributed by atoms with Gasteiger partial charge in [-0.1, -0.05) is 0 Å². The number of carbonyl (C=O) groups is 2. The average Bonchev–Trinajstić information content (AvgIpc) is 2.82. The molecule has 4 nitrogen and oxygen atoms in total. The number of carboxylic acid groups (broad SMARTS) is 1. The van der Waals surface area contributed by atoms with E-state index < -0.39 is 5.97 Å². The zero-order valence-electron chi connectivity index (χ0n) is 11.3. The number of hydrogen-bond donors (Lipinski definition) is 1. The minimum atomic E-state index is -0.955. The minimum absolute atomic E-state index is 0.0447. The van der Waals surface area contributed by atoms with Crippen LogP contribution in [0.4, 0.5) is 0 Å². The highest BCUT2D eigenvalue weighted by Gasteiger charge is 2.32. The number of nitrogens with zero attached hydrogens (tertiary/aromatic N) is 1. The third-order valence-corrected chi connectivity index (χ3v) is 4.56. The fraction of sp³-hybridized carbons (Fsp3) is 0.571. The zero-order chi connectivity index (χ0) is 14.0. The number of aliphatic carboxylic acids is 1. The first kappa shape index (κ1) is 14.1. The Labute approximate surface area is 117 Å². The summed E-state index contributed by atoms with van der Waals surface area (Å²) in [7, 11) is 0. The van der Waals surface area contributed by atoms with Crippen molar-refractivity contribution in [2.75, 3.05) is 6.54 Å². The van der Waals surface area contributed by atoms with Crippen molar-refractivity contribution in [1.82, 2.24) is 4.90 Å². The molecule has 1 unspecified atom stereocenters. The van der Waals surface area contributed by atoms with Crippen LogP contribution in [0.1, 0.15) is 43.0 Å². The quantitative estimate of drug-likeness (QED) is 0.922. The smallest absolute Gasteiger partial charge is 0.323 e. The van der Waals surface area contributed by atoms with Crippen molar-refractivity contribution in [1.29, 1.82) is 0 Å². The van der Waals surface area contributed by atoms with E-state index in [1.165, 1.54) is 9.78 Å². The molecule has 0 spiro atoms. The number of fused-ring (bicyclic) bond motifs is 1. The first-order chi connectivity index (χ1) is 9.00. The van der Waals surface area contributed by atoms with Crippen molar-refractivity contribution >= 4 is 23.2 Å². The molecule has 0 fully saturated rings. The summed E-state index contributed by atoms with van der Waals surface area (Å²) in [5.41, 5.74) is 1.11. The van der Waals surface area contributed by atoms with Gasteiger partial charge in [-0.25, -0.2) is 0 Å². The van der Waals surface area contributed by atoms with Crippen LogP contribution < -0.4 is 0 Å². The van der Waals surface area contributed by atoms with Gasteiger partial charge in [0.25, 0.3) is 0 Å². The van der Waals surface area contributed by atoms with E-state index in [1.54, 1.807) is 11.3 Å². The summed E-state index contributed by atoms with van der Waals surface area (Å²) in [5, 5.41) is 11.0. The third-order valence-electron chi connectivity index (χ3n) is 3.56. The van der Waals surface area contributed by atoms with Crippen LogP contribution in [-0.4, -0.2) is 34.5 Å². The summed E-state index contributed by atoms with van der Waals surface area (Å²) in [4.78, 5) is 26.3. The van der Waals surface area contributed by atoms with Crippen molar-refractivity contribution in [3.05, 3.63) is 21.9 Å². The van der Waals surface area contributed by atoms with Gasteiger partial charge in [0, 0.05) is 10.9 Å². The van der Waals surface area contributed by atoms with Crippen LogP contribution in [0, 0.1) is 0 Å². The Kier molecular flexibility index (Phi) is 4.24. The Balaban J connectivity index is 2.22. The molecule has 1 amide bonds. The van der Waals surface area contributed by atoms with E-state index in [4.69, 9.17) is 5.11 Å². The monoisotopic (exact) mass is 281 g/mol. The standard InChI is InChI=1S/C14H19NO3S/c1-9(2)15(8-13(16)17)14(18)11-4-3-5-12-10(11)6-7-19-12/h6-7,9,11H,3-5,8H2,1-2H3,(H,16,17). The lowest BCUT2D eigenvalue weighted by Crippen LogP contribution is -2.43. The highest BCUT2D eigenvalue weighted by Crippen LogP contribution is 2.36. The summed E-state index contributed by atoms with van der Waals surface area (Å²) in [6.07, 6.45) is 2.87. The molecule has 1 aliphatic carbocycles. The van der Waals surface area contributed by atoms with Crippen molar-refractivity contribution < 1.29 is 14.7 Å². The lowest BCUT2D eigenvalue weighted by atomic mass is 9.86. The molecular weight excluding hydrogens is 262 g/mol. The van der Waals surface area contributed by atoms with E-state index in [9.17, 15) is 9.59 Å². The molecule has 0 saturated heterocycles. The van der Waals surface area contributed by atoms with E-state index in [0.29, 0.717) is 0 Å². The number of amides is 1. The Morgan fingerprint density at radius 1 is 1.53 bits per heavy atom. The van der Waals surface area contributed by atoms with Gasteiger partial charge in [0.2, 0.25) is 5.91 Å². The molecule has 5 heteroatoms. The maximum Gasteiger partial charge on any atom is 0.323 e. The molecule has 0 bridgehead atoms. The SMILES string of the molecule is CC(C)N(CC(=O)O)C(=O)C1CCCc2sccc21. The van der Waals surface area contributed by atoms with Crippen LogP contribution in [0.15, 0.2) is 11.4 Å². The van der Waals surface area contributed by atoms with E-state index in [1.807, 2.05) is 25.3 Å². The van der Waals surface area contributed by atoms with Gasteiger partial charge in [0.05, 0.1) is 5.92 Å². The first-order valence-corrected chi connectivity index (χ1v) is 7.47. The van der Waals surface area contributed by atoms with Crippen LogP contribution in [0.2, 0.25) is 0 Å². The second kappa shape index (κ2) is 5.74. The molecule has 1 aromatic rings. The van der Waals surface area contributed by atoms with E-state index in [-0.39, 0.29) is 24.4 Å². The van der Waals surface area contributed by atoms with Crippen molar-refractivity contribution in [2.24, 2.45) is 0 Å². The second-order valence-corrected chi connectivity index (χ2v) is 6.20. The highest BCUT2D eigenvalue weighted by atomic mass is 32.1. The largest absolute Gasteiger partial charge is 0.480 e. The molecule has 19 heavy (non-hydrogen) atoms. The number of hydrogen-bond acceptors (Lipinski definition) is 3. The topological polar surface area (TPSA) is 57.6 Å². The lowest BCUT2D eigenvalue weighted by Gasteiger charge is -2.31. The van der Waals surface area contributed by atoms with Gasteiger partial charge < -0.3 is 10.0 Å². The number of rotatable bonds is 4. The fourth-order valence-corrected chi connectivity index (χ4v) is 3.59. The Bertz CT molecular complexity index is 481. The second-order valence-electron chi connectivity index (χ2n) is 5.20. The summed E-state index contributed by atoms with van der Waals surface area (Å²) >= 11 is 1.69. The summed E-state index contributed by atoms with van der Waals surface area (Å²) < 4.78 is 0. The van der Waals surface area contributed by atoms with E-state index >= 15 is 0 Å². The number of aryl methyl sites for hydroxylation is 1. The average molecular weight is 281 g/mol. The molecule has 1 atom stereocenters. The fourth-order valence-electron chi connectivity index (χ4n) is 2.60. The molecule has 104 valence electrons. The predicted molar refractivity (Wildman–Crippen MR) is 74.5 cm³/mol. The van der Waals surface area contributed by atoms with Crippen LogP contribution in [-0.2, 0) is 16.0 Å². The molecular formula is C14H19NO3S. The first-order valence-electron chi connectivity index (χ1n) is 6.59. The van der Waals surface area contributed by atoms with Gasteiger partial charge >= 0.3 is 5.97 Å². The van der Waals surface area contributed by atoms with Gasteiger partial charge in [0.1, 0.15) is 6.54 Å². The van der Waals surface area contributed by atoms with Crippen LogP contribution in [0.3, 0.4) is 0 Å². The number of carboxylic acids is 1. The molecule has 1 heterocycles. The number of thiophene rings is 1. The minimum Gasteiger partial charge on any atom is -0.480 e. The van der Waals surface area contributed by atoms with Crippen LogP contribution in [0.25, 0.3) is 0 Å². The van der Waals surface area contributed by atoms with Crippen molar-refractivity contribution in [3.8, 4) is 0 Å². The molecule has 1 aliphatic rings. The van der Waals surface area contributed by atoms with Crippen molar-refractivity contribution in [2.45, 2.75) is 45.1 Å². The summed E-state index contributed by atoms with van der Waals surface area (Å²) in [6, 6.07) is 1.92. The van der Waals surface area contributed by atoms with Gasteiger partial charge in [-0.15, -0.1) is 11.3 Å². The molecule has 2 rings (SSSR count). The van der Waals surface area contributed by atoms with Gasteiger partial charge in [-0.3, -0.25) is 9.59 Å². The summed E-state index contributed by atoms with van der Waals surface area (Å²) in [5.74, 6) is -1.16. The lowest BCUT2D eigenvalue weighted by molar-refractivity contribution is -0.146. The maximum absolute atomic E-state index is 12.6. The van der Waals surface area contributed by atoms with Gasteiger partial charge in [0.15, 0.2) is 0 Å². The van der Waals surface area contributed by atoms with Gasteiger partial charge in [-0.05, 0) is 50.1 Å². The Hall–Kier alpha value is -1.36. The molecule has 1 N–H and O–H groups in total. The summed E-state index contributed by atoms with van der Waals surface area (Å²) in [6.45, 7) is 3.50. The Morgan fingerprint density at radius 3 is 2.89 bits per heavy atom. The predicted octanol–water partition coefficient (Wildman–Crippen LogP) is 2.49. The Morgan fingerprint density at radius 2 is 2.26 bits per heavy atom. The molecule has 0 aromatic carbocycles. The van der Waals surface area contributed by atoms with Crippen molar-refractivity contribution in [3.63, 3.8) is 0 Å². The van der Waals surface area contributed by atoms with Crippen LogP contribution in [0.5, 0.6) is 0 Å². The zero-order valence-corrected chi connectivity index (χ0v) is 12.1. The molecule has 0 saturated carbocycles. The molecule has 0 aliphatic heterocycles. The van der Waals surface area contributed by atoms with Crippen LogP contribution >= 0.6 is 11.3 Å². The molecule has 1 aromatic heterocycles. The third kappa shape index (κ3) is 2.97. The number of carbonyl (C=O) groups excluding carboxylic acids is 1. The molecule has 0 radical (unpaired) electrons.